The molecule has 0 saturated heterocycles. The minimum absolute atomic E-state index is 1.07. The molecule has 1 aromatic carbocycles. The Labute approximate surface area is 74.0 Å². The second-order valence-electron chi connectivity index (χ2n) is 2.90. The third-order valence-corrected chi connectivity index (χ3v) is 2.34. The molecule has 0 spiro atoms. The van der Waals surface area contributed by atoms with Crippen LogP contribution in [0.5, 0.6) is 0 Å². The highest BCUT2D eigenvalue weighted by atomic mass is 31.0. The molecule has 1 aromatic heterocycles. The molecule has 2 rings (SSSR count). The molecule has 0 bridgehead atoms. The van der Waals surface area contributed by atoms with Gasteiger partial charge in [-0.1, -0.05) is 6.07 Å². The molecule has 1 unspecified atom stereocenters. The van der Waals surface area contributed by atoms with Crippen LogP contribution in [-0.2, 0) is 0 Å². The molecule has 0 amide bonds. The Morgan fingerprint density at radius 3 is 2.92 bits per heavy atom. The summed E-state index contributed by atoms with van der Waals surface area (Å²) < 4.78 is 0. The lowest BCUT2D eigenvalue weighted by Crippen LogP contribution is -1.91. The molecule has 0 radical (unpaired) electrons. The molecule has 0 aliphatic rings. The standard InChI is InChI=1S/C10H10NP/c1-7-4-5-11-10-3-2-8(12)6-9(7)10/h2-6H,12H2,1H3. The quantitative estimate of drug-likeness (QED) is 0.558. The first-order valence-electron chi connectivity index (χ1n) is 3.88. The zero-order valence-corrected chi connectivity index (χ0v) is 8.07. The van der Waals surface area contributed by atoms with E-state index in [0.717, 1.165) is 5.52 Å². The summed E-state index contributed by atoms with van der Waals surface area (Å²) in [6.07, 6.45) is 1.85. The zero-order chi connectivity index (χ0) is 8.55. The largest absolute Gasteiger partial charge is 0.256 e. The van der Waals surface area contributed by atoms with Gasteiger partial charge in [0.05, 0.1) is 5.52 Å². The van der Waals surface area contributed by atoms with Gasteiger partial charge in [-0.3, -0.25) is 4.98 Å². The number of aromatic nitrogens is 1. The van der Waals surface area contributed by atoms with Crippen LogP contribution < -0.4 is 5.30 Å². The lowest BCUT2D eigenvalue weighted by Gasteiger charge is -2.00. The van der Waals surface area contributed by atoms with Gasteiger partial charge in [0, 0.05) is 11.6 Å². The van der Waals surface area contributed by atoms with E-state index in [1.807, 2.05) is 18.3 Å². The van der Waals surface area contributed by atoms with Gasteiger partial charge in [0.25, 0.3) is 0 Å². The maximum atomic E-state index is 4.27. The highest BCUT2D eigenvalue weighted by Crippen LogP contribution is 2.14. The van der Waals surface area contributed by atoms with Gasteiger partial charge in [0.2, 0.25) is 0 Å². The van der Waals surface area contributed by atoms with Crippen molar-refractivity contribution in [3.8, 4) is 0 Å². The first kappa shape index (κ1) is 7.70. The molecule has 1 atom stereocenters. The molecule has 0 saturated carbocycles. The Morgan fingerprint density at radius 2 is 2.08 bits per heavy atom. The molecule has 0 aliphatic carbocycles. The number of rotatable bonds is 0. The fourth-order valence-corrected chi connectivity index (χ4v) is 1.56. The Kier molecular flexibility index (Phi) is 1.82. The Balaban J connectivity index is 2.88. The number of nitrogens with zero attached hydrogens (tertiary/aromatic N) is 1. The van der Waals surface area contributed by atoms with Crippen LogP contribution in [0, 0.1) is 6.92 Å². The van der Waals surface area contributed by atoms with Crippen molar-refractivity contribution in [1.29, 1.82) is 0 Å². The van der Waals surface area contributed by atoms with Gasteiger partial charge in [-0.05, 0) is 36.0 Å². The van der Waals surface area contributed by atoms with Crippen LogP contribution in [0.4, 0.5) is 0 Å². The average Bonchev–Trinajstić information content (AvgIpc) is 2.07. The molecule has 60 valence electrons. The number of hydrogen-bond donors (Lipinski definition) is 0. The summed E-state index contributed by atoms with van der Waals surface area (Å²) in [5, 5.41) is 2.45. The van der Waals surface area contributed by atoms with Crippen LogP contribution in [0.1, 0.15) is 5.56 Å². The van der Waals surface area contributed by atoms with Crippen LogP contribution in [-0.4, -0.2) is 4.98 Å². The predicted molar refractivity (Wildman–Crippen MR) is 55.8 cm³/mol. The SMILES string of the molecule is Cc1ccnc2ccc(P)cc12. The first-order valence-corrected chi connectivity index (χ1v) is 4.46. The van der Waals surface area contributed by atoms with Crippen LogP contribution >= 0.6 is 9.24 Å². The number of fused-ring (bicyclic) bond motifs is 1. The molecule has 2 aromatic rings. The number of pyridine rings is 1. The smallest absolute Gasteiger partial charge is 0.0705 e. The maximum absolute atomic E-state index is 4.27. The van der Waals surface area contributed by atoms with Crippen molar-refractivity contribution in [2.24, 2.45) is 0 Å². The second kappa shape index (κ2) is 2.84. The van der Waals surface area contributed by atoms with E-state index in [4.69, 9.17) is 0 Å². The Hall–Kier alpha value is -0.940. The molecule has 0 N–H and O–H groups in total. The summed E-state index contributed by atoms with van der Waals surface area (Å²) in [6, 6.07) is 8.28. The van der Waals surface area contributed by atoms with Crippen LogP contribution in [0.3, 0.4) is 0 Å². The van der Waals surface area contributed by atoms with E-state index in [-0.39, 0.29) is 0 Å². The summed E-state index contributed by atoms with van der Waals surface area (Å²) >= 11 is 0. The molecule has 12 heavy (non-hydrogen) atoms. The molecule has 1 heterocycles. The van der Waals surface area contributed by atoms with Gasteiger partial charge in [0.1, 0.15) is 0 Å². The van der Waals surface area contributed by atoms with Crippen LogP contribution in [0.15, 0.2) is 30.5 Å². The summed E-state index contributed by atoms with van der Waals surface area (Å²) in [7, 11) is 2.70. The van der Waals surface area contributed by atoms with Gasteiger partial charge >= 0.3 is 0 Å². The van der Waals surface area contributed by atoms with Gasteiger partial charge in [-0.15, -0.1) is 9.24 Å². The van der Waals surface area contributed by atoms with Gasteiger partial charge in [-0.2, -0.15) is 0 Å². The van der Waals surface area contributed by atoms with Crippen LogP contribution in [0.2, 0.25) is 0 Å². The lowest BCUT2D eigenvalue weighted by atomic mass is 10.1. The molecule has 0 fully saturated rings. The van der Waals surface area contributed by atoms with Gasteiger partial charge in [-0.25, -0.2) is 0 Å². The summed E-state index contributed by atoms with van der Waals surface area (Å²) in [6.45, 7) is 2.11. The normalized spacial score (nSPS) is 10.5. The number of hydrogen-bond acceptors (Lipinski definition) is 1. The maximum Gasteiger partial charge on any atom is 0.0705 e. The fraction of sp³-hybridized carbons (Fsp3) is 0.100. The molecular formula is C10H10NP. The minimum Gasteiger partial charge on any atom is -0.256 e. The van der Waals surface area contributed by atoms with Crippen molar-refractivity contribution in [1.82, 2.24) is 4.98 Å². The van der Waals surface area contributed by atoms with E-state index >= 15 is 0 Å². The number of aryl methyl sites for hydroxylation is 1. The van der Waals surface area contributed by atoms with E-state index in [9.17, 15) is 0 Å². The highest BCUT2D eigenvalue weighted by molar-refractivity contribution is 7.27. The van der Waals surface area contributed by atoms with E-state index in [1.165, 1.54) is 16.3 Å². The molecule has 2 heteroatoms. The van der Waals surface area contributed by atoms with Crippen molar-refractivity contribution in [2.45, 2.75) is 6.92 Å². The van der Waals surface area contributed by atoms with Gasteiger partial charge in [0.15, 0.2) is 0 Å². The first-order chi connectivity index (χ1) is 5.77. The topological polar surface area (TPSA) is 12.9 Å². The lowest BCUT2D eigenvalue weighted by molar-refractivity contribution is 1.37. The van der Waals surface area contributed by atoms with Gasteiger partial charge < -0.3 is 0 Å². The summed E-state index contributed by atoms with van der Waals surface area (Å²) in [5.41, 5.74) is 2.35. The third kappa shape index (κ3) is 1.21. The van der Waals surface area contributed by atoms with Crippen molar-refractivity contribution in [2.75, 3.05) is 0 Å². The van der Waals surface area contributed by atoms with Crippen molar-refractivity contribution < 1.29 is 0 Å². The third-order valence-electron chi connectivity index (χ3n) is 1.98. The van der Waals surface area contributed by atoms with Crippen LogP contribution in [0.25, 0.3) is 10.9 Å². The van der Waals surface area contributed by atoms with E-state index in [1.54, 1.807) is 0 Å². The van der Waals surface area contributed by atoms with Crippen molar-refractivity contribution >= 4 is 25.4 Å². The molecule has 1 nitrogen and oxygen atoms in total. The highest BCUT2D eigenvalue weighted by Gasteiger charge is 1.96. The summed E-state index contributed by atoms with van der Waals surface area (Å²) in [4.78, 5) is 4.27. The molecule has 0 aliphatic heterocycles. The van der Waals surface area contributed by atoms with E-state index in [0.29, 0.717) is 0 Å². The monoisotopic (exact) mass is 175 g/mol. The number of benzene rings is 1. The Morgan fingerprint density at radius 1 is 1.25 bits per heavy atom. The summed E-state index contributed by atoms with van der Waals surface area (Å²) in [5.74, 6) is 0. The predicted octanol–water partition coefficient (Wildman–Crippen LogP) is 2.04. The fourth-order valence-electron chi connectivity index (χ4n) is 1.30. The van der Waals surface area contributed by atoms with Crippen molar-refractivity contribution in [3.63, 3.8) is 0 Å². The molecular weight excluding hydrogens is 165 g/mol. The van der Waals surface area contributed by atoms with E-state index < -0.39 is 0 Å². The second-order valence-corrected chi connectivity index (χ2v) is 3.57. The Bertz CT molecular complexity index is 423. The average molecular weight is 175 g/mol. The zero-order valence-electron chi connectivity index (χ0n) is 6.91. The van der Waals surface area contributed by atoms with E-state index in [2.05, 4.69) is 33.3 Å². The minimum atomic E-state index is 1.07. The van der Waals surface area contributed by atoms with Crippen molar-refractivity contribution in [3.05, 3.63) is 36.0 Å².